The van der Waals surface area contributed by atoms with E-state index in [1.165, 1.54) is 24.3 Å². The maximum Gasteiger partial charge on any atom is 0.306 e. The third-order valence-electron chi connectivity index (χ3n) is 10.3. The number of fused-ring (bicyclic) bond motifs is 4. The first-order valence-electron chi connectivity index (χ1n) is 18.9. The van der Waals surface area contributed by atoms with E-state index in [1.807, 2.05) is 57.5 Å². The predicted octanol–water partition coefficient (Wildman–Crippen LogP) is 10.4. The largest absolute Gasteiger partial charge is 0.432 e. The summed E-state index contributed by atoms with van der Waals surface area (Å²) in [5, 5.41) is 10.6. The van der Waals surface area contributed by atoms with E-state index < -0.39 is 0 Å². The number of nitrogens with one attached hydrogen (secondary N) is 1. The van der Waals surface area contributed by atoms with Crippen LogP contribution in [0.5, 0.6) is 0 Å². The van der Waals surface area contributed by atoms with Crippen molar-refractivity contribution in [1.29, 1.82) is 0 Å². The van der Waals surface area contributed by atoms with Gasteiger partial charge in [0.25, 0.3) is 0 Å². The molecule has 0 amide bonds. The topological polar surface area (TPSA) is 153 Å². The summed E-state index contributed by atoms with van der Waals surface area (Å²) in [6.07, 6.45) is 13.5. The Morgan fingerprint density at radius 3 is 1.62 bits per heavy atom. The van der Waals surface area contributed by atoms with Gasteiger partial charge in [0.15, 0.2) is 5.82 Å². The van der Waals surface area contributed by atoms with Crippen molar-refractivity contribution in [2.75, 3.05) is 0 Å². The lowest BCUT2D eigenvalue weighted by atomic mass is 10.0. The number of oxazole rings is 2. The number of hydrogen-bond donors (Lipinski definition) is 2. The van der Waals surface area contributed by atoms with Gasteiger partial charge >= 0.3 is 11.7 Å². The lowest BCUT2D eigenvalue weighted by Gasteiger charge is -2.05. The van der Waals surface area contributed by atoms with E-state index in [-0.39, 0.29) is 11.6 Å². The molecule has 8 aromatic heterocycles. The van der Waals surface area contributed by atoms with Gasteiger partial charge in [-0.2, -0.15) is 14.7 Å². The first-order valence-corrected chi connectivity index (χ1v) is 18.9. The Labute approximate surface area is 342 Å². The van der Waals surface area contributed by atoms with Crippen molar-refractivity contribution < 1.29 is 22.8 Å². The molecule has 4 aromatic carbocycles. The summed E-state index contributed by atoms with van der Waals surface area (Å²) >= 11 is 0. The molecule has 0 radical (unpaired) electrons. The Morgan fingerprint density at radius 2 is 1.03 bits per heavy atom. The Kier molecular flexibility index (Phi) is 8.30. The number of nitrogens with zero attached hydrogens (tertiary/aromatic N) is 9. The molecule has 0 saturated carbocycles. The maximum absolute atomic E-state index is 13.4. The van der Waals surface area contributed by atoms with Crippen LogP contribution in [-0.2, 0) is 0 Å². The SMILES string of the molecule is Fc1ccc(-c2nc3occn3c2-c2ccc3nc(-c4ccncc4)[nH]c3c2)cc1.On1c(-c2ccncc2)nc2cc(-c3c(-c4ccc(F)cc4)nc4occn34)ccc21. The normalized spacial score (nSPS) is 11.5. The van der Waals surface area contributed by atoms with Crippen LogP contribution < -0.4 is 0 Å². The van der Waals surface area contributed by atoms with Crippen LogP contribution in [0.4, 0.5) is 8.78 Å². The molecule has 2 N–H and O–H groups in total. The number of benzene rings is 4. The van der Waals surface area contributed by atoms with Gasteiger partial charge in [0.2, 0.25) is 0 Å². The van der Waals surface area contributed by atoms with Crippen LogP contribution in [-0.4, -0.2) is 53.6 Å². The Bertz CT molecular complexity index is 3510. The van der Waals surface area contributed by atoms with E-state index in [0.29, 0.717) is 34.2 Å². The molecule has 12 rings (SSSR count). The summed E-state index contributed by atoms with van der Waals surface area (Å²) in [5.41, 5.74) is 11.1. The van der Waals surface area contributed by atoms with Gasteiger partial charge in [-0.05, 0) is 97.1 Å². The number of aromatic nitrogens is 10. The van der Waals surface area contributed by atoms with E-state index >= 15 is 0 Å². The summed E-state index contributed by atoms with van der Waals surface area (Å²) < 4.78 is 42.7. The van der Waals surface area contributed by atoms with Crippen LogP contribution >= 0.6 is 0 Å². The maximum atomic E-state index is 13.4. The molecule has 0 fully saturated rings. The second kappa shape index (κ2) is 14.3. The first-order chi connectivity index (χ1) is 29.9. The van der Waals surface area contributed by atoms with Crippen LogP contribution in [0, 0.1) is 11.6 Å². The highest BCUT2D eigenvalue weighted by atomic mass is 19.1. The second-order valence-corrected chi connectivity index (χ2v) is 14.0. The van der Waals surface area contributed by atoms with Crippen molar-refractivity contribution in [2.45, 2.75) is 0 Å². The highest BCUT2D eigenvalue weighted by molar-refractivity contribution is 5.90. The van der Waals surface area contributed by atoms with Crippen LogP contribution in [0.1, 0.15) is 0 Å². The average Bonchev–Trinajstić information content (AvgIpc) is 4.16. The molecular weight excluding hydrogens is 779 g/mol. The molecule has 294 valence electrons. The number of pyridine rings is 2. The van der Waals surface area contributed by atoms with Crippen molar-refractivity contribution in [3.8, 4) is 67.8 Å². The van der Waals surface area contributed by atoms with Gasteiger partial charge < -0.3 is 19.0 Å². The van der Waals surface area contributed by atoms with E-state index in [2.05, 4.69) is 34.9 Å². The van der Waals surface area contributed by atoms with Crippen LogP contribution in [0.25, 0.3) is 102 Å². The molecule has 61 heavy (non-hydrogen) atoms. The molecule has 8 heterocycles. The Hall–Kier alpha value is -8.72. The van der Waals surface area contributed by atoms with Crippen LogP contribution in [0.15, 0.2) is 168 Å². The molecule has 0 spiro atoms. The quantitative estimate of drug-likeness (QED) is 0.156. The Morgan fingerprint density at radius 1 is 0.508 bits per heavy atom. The third-order valence-corrected chi connectivity index (χ3v) is 10.3. The first kappa shape index (κ1) is 35.4. The number of imidazole rings is 4. The number of aromatic amines is 1. The molecule has 0 aliphatic carbocycles. The van der Waals surface area contributed by atoms with Gasteiger partial charge in [0.05, 0.1) is 27.9 Å². The van der Waals surface area contributed by atoms with Gasteiger partial charge in [-0.3, -0.25) is 18.8 Å². The number of H-pyrrole nitrogens is 1. The highest BCUT2D eigenvalue weighted by Crippen LogP contribution is 2.37. The lowest BCUT2D eigenvalue weighted by molar-refractivity contribution is 0.203. The highest BCUT2D eigenvalue weighted by Gasteiger charge is 2.21. The molecule has 0 aliphatic heterocycles. The summed E-state index contributed by atoms with van der Waals surface area (Å²) in [6, 6.07) is 31.5. The number of rotatable bonds is 6. The summed E-state index contributed by atoms with van der Waals surface area (Å²) in [5.74, 6) is 1.52. The van der Waals surface area contributed by atoms with E-state index in [1.54, 1.807) is 86.0 Å². The van der Waals surface area contributed by atoms with Crippen LogP contribution in [0.2, 0.25) is 0 Å². The minimum atomic E-state index is -0.313. The van der Waals surface area contributed by atoms with Crippen molar-refractivity contribution in [2.24, 2.45) is 0 Å². The summed E-state index contributed by atoms with van der Waals surface area (Å²) in [6.45, 7) is 0. The second-order valence-electron chi connectivity index (χ2n) is 14.0. The van der Waals surface area contributed by atoms with Gasteiger partial charge in [-0.15, -0.1) is 0 Å². The lowest BCUT2D eigenvalue weighted by Crippen LogP contribution is -1.94. The zero-order valence-corrected chi connectivity index (χ0v) is 31.6. The van der Waals surface area contributed by atoms with Gasteiger partial charge in [0.1, 0.15) is 46.9 Å². The Balaban J connectivity index is 0.000000138. The molecule has 0 saturated heterocycles. The smallest absolute Gasteiger partial charge is 0.306 e. The zero-order valence-electron chi connectivity index (χ0n) is 31.6. The minimum Gasteiger partial charge on any atom is -0.432 e. The van der Waals surface area contributed by atoms with Gasteiger partial charge in [0, 0.05) is 70.6 Å². The fourth-order valence-corrected chi connectivity index (χ4v) is 7.45. The summed E-state index contributed by atoms with van der Waals surface area (Å²) in [7, 11) is 0. The third kappa shape index (κ3) is 6.24. The predicted molar refractivity (Wildman–Crippen MR) is 223 cm³/mol. The number of hydrogen-bond acceptors (Lipinski definition) is 9. The number of halogens is 2. The van der Waals surface area contributed by atoms with E-state index in [0.717, 1.165) is 72.1 Å². The van der Waals surface area contributed by atoms with Gasteiger partial charge in [-0.1, -0.05) is 12.1 Å². The van der Waals surface area contributed by atoms with E-state index in [9.17, 15) is 14.0 Å². The van der Waals surface area contributed by atoms with Gasteiger partial charge in [-0.25, -0.2) is 18.7 Å². The summed E-state index contributed by atoms with van der Waals surface area (Å²) in [4.78, 5) is 30.0. The van der Waals surface area contributed by atoms with Crippen molar-refractivity contribution in [3.63, 3.8) is 0 Å². The monoisotopic (exact) mass is 806 g/mol. The molecular formula is C46H28F2N10O3. The van der Waals surface area contributed by atoms with Crippen LogP contribution in [0.3, 0.4) is 0 Å². The molecule has 13 nitrogen and oxygen atoms in total. The van der Waals surface area contributed by atoms with E-state index in [4.69, 9.17) is 8.83 Å². The standard InChI is InChI=1S/C23H14FN5O2.C23H14FN5O/c24-17-4-1-14(2-5-17)20-21(28-11-12-31-23(28)27-20)16-3-6-19-18(13-16)26-22(29(19)30)15-7-9-25-10-8-15;24-17-4-1-14(2-5-17)20-21(29-11-12-30-23(29)28-20)16-3-6-18-19(13-16)27-22(26-18)15-7-9-25-10-8-15/h1-13,30H;1-13H,(H,26,27). The zero-order chi connectivity index (χ0) is 41.0. The molecule has 0 aliphatic rings. The average molecular weight is 807 g/mol. The van der Waals surface area contributed by atoms with Crippen molar-refractivity contribution in [1.82, 2.24) is 48.4 Å². The molecule has 0 bridgehead atoms. The molecule has 12 aromatic rings. The fraction of sp³-hybridized carbons (Fsp3) is 0. The fourth-order valence-electron chi connectivity index (χ4n) is 7.45. The minimum absolute atomic E-state index is 0.286. The molecule has 0 atom stereocenters. The van der Waals surface area contributed by atoms with Crippen molar-refractivity contribution >= 4 is 33.8 Å². The molecule has 0 unspecified atom stereocenters. The molecule has 15 heteroatoms. The van der Waals surface area contributed by atoms with Crippen molar-refractivity contribution in [3.05, 3.63) is 171 Å².